The van der Waals surface area contributed by atoms with E-state index in [2.05, 4.69) is 207 Å². The Labute approximate surface area is 379 Å². The third-order valence-electron chi connectivity index (χ3n) is 12.4. The van der Waals surface area contributed by atoms with Crippen molar-refractivity contribution < 1.29 is 0 Å². The molecular weight excluding hydrogens is 789 g/mol. The molecule has 0 fully saturated rings. The minimum Gasteiger partial charge on any atom is -0.246 e. The molecule has 65 heavy (non-hydrogen) atoms. The van der Waals surface area contributed by atoms with Crippen LogP contribution in [0, 0.1) is 6.92 Å². The minimum absolute atomic E-state index is 0.874. The first-order valence-corrected chi connectivity index (χ1v) is 22.2. The summed E-state index contributed by atoms with van der Waals surface area (Å²) in [6.45, 7) is 6.24. The first-order valence-electron chi connectivity index (χ1n) is 22.2. The maximum absolute atomic E-state index is 5.53. The molecule has 0 N–H and O–H groups in total. The lowest BCUT2D eigenvalue weighted by Gasteiger charge is -2.16. The topological polar surface area (TPSA) is 51.6 Å². The molecule has 7 aromatic carbocycles. The normalized spacial score (nSPS) is 11.8. The van der Waals surface area contributed by atoms with E-state index in [1.807, 2.05) is 26.0 Å². The Morgan fingerprint density at radius 1 is 0.308 bits per heavy atom. The summed E-state index contributed by atoms with van der Waals surface area (Å²) in [5, 5.41) is 4.26. The van der Waals surface area contributed by atoms with Crippen molar-refractivity contribution in [3.8, 4) is 67.0 Å². The van der Waals surface area contributed by atoms with Gasteiger partial charge in [-0.2, -0.15) is 0 Å². The van der Waals surface area contributed by atoms with Crippen molar-refractivity contribution >= 4 is 55.8 Å². The van der Waals surface area contributed by atoms with Gasteiger partial charge in [0.25, 0.3) is 0 Å². The molecule has 4 aromatic heterocycles. The van der Waals surface area contributed by atoms with Gasteiger partial charge in [0.05, 0.1) is 44.8 Å². The van der Waals surface area contributed by atoms with Gasteiger partial charge < -0.3 is 0 Å². The second kappa shape index (κ2) is 16.7. The molecule has 0 atom stereocenters. The summed E-state index contributed by atoms with van der Waals surface area (Å²) in [4.78, 5) is 21.6. The molecule has 11 rings (SSSR count). The standard InChI is InChI=1S/C61H44N4/c1-4-18-45-35-52(40-20-10-6-11-21-40)48-30-32-50-54(42-24-14-8-15-25-42)37-56(64-60(50)58(48)62-45)44-28-29-47(39(3)34-44)57-38-55(43-26-16-9-17-27-43)51-33-31-49-53(41-22-12-7-13-23-41)36-46(19-5-2)63-59(49)61(51)65-57/h4-38H,1-3H3. The Kier molecular flexibility index (Phi) is 10.2. The van der Waals surface area contributed by atoms with Crippen LogP contribution in [0.2, 0.25) is 0 Å². The Bertz CT molecular complexity index is 3650. The lowest BCUT2D eigenvalue weighted by Crippen LogP contribution is -1.97. The maximum atomic E-state index is 5.53. The molecule has 0 saturated carbocycles. The molecule has 308 valence electrons. The monoisotopic (exact) mass is 832 g/mol. The van der Waals surface area contributed by atoms with E-state index in [9.17, 15) is 0 Å². The fraction of sp³-hybridized carbons (Fsp3) is 0.0492. The number of rotatable bonds is 8. The molecule has 0 saturated heterocycles. The Morgan fingerprint density at radius 2 is 0.662 bits per heavy atom. The molecule has 0 bridgehead atoms. The summed E-state index contributed by atoms with van der Waals surface area (Å²) in [5.41, 5.74) is 19.3. The molecule has 0 amide bonds. The molecule has 0 aliphatic rings. The van der Waals surface area contributed by atoms with Crippen molar-refractivity contribution in [1.82, 2.24) is 19.9 Å². The second-order valence-corrected chi connectivity index (χ2v) is 16.5. The quantitative estimate of drug-likeness (QED) is 0.143. The number of nitrogens with zero attached hydrogens (tertiary/aromatic N) is 4. The van der Waals surface area contributed by atoms with Crippen LogP contribution in [-0.2, 0) is 0 Å². The van der Waals surface area contributed by atoms with E-state index < -0.39 is 0 Å². The van der Waals surface area contributed by atoms with E-state index in [0.29, 0.717) is 0 Å². The molecule has 0 aliphatic carbocycles. The molecule has 11 aromatic rings. The van der Waals surface area contributed by atoms with Crippen molar-refractivity contribution in [3.63, 3.8) is 0 Å². The van der Waals surface area contributed by atoms with Gasteiger partial charge in [-0.3, -0.25) is 0 Å². The predicted octanol–water partition coefficient (Wildman–Crippen LogP) is 16.3. The van der Waals surface area contributed by atoms with Crippen LogP contribution in [0.5, 0.6) is 0 Å². The highest BCUT2D eigenvalue weighted by molar-refractivity contribution is 6.14. The molecule has 0 spiro atoms. The number of aryl methyl sites for hydroxylation is 1. The molecule has 0 unspecified atom stereocenters. The molecule has 4 heteroatoms. The SMILES string of the molecule is CC=Cc1cc(-c2ccccc2)c2ccc3c(-c4ccccc4)cc(-c4ccc(-c5cc(-c6ccccc6)c6ccc7c(-c8ccccc8)cc(C=CC)nc7c6n5)c(C)c4)nc3c2n1. The van der Waals surface area contributed by atoms with Gasteiger partial charge in [-0.05, 0) is 113 Å². The van der Waals surface area contributed by atoms with Crippen LogP contribution in [0.25, 0.3) is 123 Å². The Morgan fingerprint density at radius 3 is 1.05 bits per heavy atom. The lowest BCUT2D eigenvalue weighted by atomic mass is 9.92. The van der Waals surface area contributed by atoms with Crippen molar-refractivity contribution in [2.75, 3.05) is 0 Å². The first kappa shape index (κ1) is 39.5. The van der Waals surface area contributed by atoms with Crippen LogP contribution in [-0.4, -0.2) is 19.9 Å². The lowest BCUT2D eigenvalue weighted by molar-refractivity contribution is 1.32. The zero-order valence-electron chi connectivity index (χ0n) is 36.5. The summed E-state index contributed by atoms with van der Waals surface area (Å²) < 4.78 is 0. The maximum Gasteiger partial charge on any atom is 0.0978 e. The van der Waals surface area contributed by atoms with E-state index in [1.165, 1.54) is 0 Å². The van der Waals surface area contributed by atoms with Crippen LogP contribution in [0.4, 0.5) is 0 Å². The Hall–Kier alpha value is -8.34. The molecule has 0 radical (unpaired) electrons. The summed E-state index contributed by atoms with van der Waals surface area (Å²) in [6.07, 6.45) is 8.23. The van der Waals surface area contributed by atoms with Crippen LogP contribution in [0.3, 0.4) is 0 Å². The van der Waals surface area contributed by atoms with Gasteiger partial charge in [0.2, 0.25) is 0 Å². The average Bonchev–Trinajstić information content (AvgIpc) is 3.36. The van der Waals surface area contributed by atoms with E-state index in [4.69, 9.17) is 19.9 Å². The van der Waals surface area contributed by atoms with E-state index in [-0.39, 0.29) is 0 Å². The number of hydrogen-bond acceptors (Lipinski definition) is 4. The highest BCUT2D eigenvalue weighted by Gasteiger charge is 2.20. The zero-order valence-corrected chi connectivity index (χ0v) is 36.5. The fourth-order valence-corrected chi connectivity index (χ4v) is 9.32. The van der Waals surface area contributed by atoms with Gasteiger partial charge >= 0.3 is 0 Å². The summed E-state index contributed by atoms with van der Waals surface area (Å²) in [5.74, 6) is 0. The fourth-order valence-electron chi connectivity index (χ4n) is 9.32. The van der Waals surface area contributed by atoms with Crippen molar-refractivity contribution in [2.45, 2.75) is 20.8 Å². The van der Waals surface area contributed by atoms with E-state index in [1.54, 1.807) is 0 Å². The van der Waals surface area contributed by atoms with Gasteiger partial charge in [-0.15, -0.1) is 0 Å². The van der Waals surface area contributed by atoms with Crippen molar-refractivity contribution in [1.29, 1.82) is 0 Å². The predicted molar refractivity (Wildman–Crippen MR) is 274 cm³/mol. The van der Waals surface area contributed by atoms with E-state index in [0.717, 1.165) is 128 Å². The minimum atomic E-state index is 0.874. The van der Waals surface area contributed by atoms with Crippen LogP contribution in [0.1, 0.15) is 30.8 Å². The van der Waals surface area contributed by atoms with Gasteiger partial charge in [-0.25, -0.2) is 19.9 Å². The second-order valence-electron chi connectivity index (χ2n) is 16.5. The summed E-state index contributed by atoms with van der Waals surface area (Å²) >= 11 is 0. The zero-order chi connectivity index (χ0) is 43.9. The van der Waals surface area contributed by atoms with E-state index >= 15 is 0 Å². The molecule has 4 nitrogen and oxygen atoms in total. The first-order chi connectivity index (χ1) is 32.0. The van der Waals surface area contributed by atoms with Gasteiger partial charge in [0.15, 0.2) is 0 Å². The highest BCUT2D eigenvalue weighted by Crippen LogP contribution is 2.41. The van der Waals surface area contributed by atoms with Gasteiger partial charge in [-0.1, -0.05) is 170 Å². The van der Waals surface area contributed by atoms with Gasteiger partial charge in [0.1, 0.15) is 0 Å². The number of fused-ring (bicyclic) bond motifs is 6. The van der Waals surface area contributed by atoms with Crippen LogP contribution < -0.4 is 0 Å². The number of aromatic nitrogens is 4. The average molecular weight is 833 g/mol. The van der Waals surface area contributed by atoms with Crippen LogP contribution >= 0.6 is 0 Å². The summed E-state index contributed by atoms with van der Waals surface area (Å²) in [6, 6.07) is 66.7. The number of pyridine rings is 4. The van der Waals surface area contributed by atoms with Crippen molar-refractivity contribution in [3.05, 3.63) is 217 Å². The number of hydrogen-bond donors (Lipinski definition) is 0. The smallest absolute Gasteiger partial charge is 0.0978 e. The third kappa shape index (κ3) is 7.25. The third-order valence-corrected chi connectivity index (χ3v) is 12.4. The van der Waals surface area contributed by atoms with Crippen molar-refractivity contribution in [2.24, 2.45) is 0 Å². The number of allylic oxidation sites excluding steroid dienone is 2. The van der Waals surface area contributed by atoms with Crippen LogP contribution in [0.15, 0.2) is 200 Å². The largest absolute Gasteiger partial charge is 0.246 e. The Balaban J connectivity index is 1.13. The summed E-state index contributed by atoms with van der Waals surface area (Å²) in [7, 11) is 0. The van der Waals surface area contributed by atoms with Gasteiger partial charge in [0, 0.05) is 32.7 Å². The number of benzene rings is 7. The highest BCUT2D eigenvalue weighted by atomic mass is 14.8. The molecule has 4 heterocycles. The molecular formula is C61H44N4. The molecule has 0 aliphatic heterocycles.